The highest BCUT2D eigenvalue weighted by atomic mass is 16.4. The first-order valence-electron chi connectivity index (χ1n) is 7.24. The lowest BCUT2D eigenvalue weighted by Crippen LogP contribution is -2.11. The molecule has 6 heteroatoms. The van der Waals surface area contributed by atoms with Crippen LogP contribution in [0.3, 0.4) is 0 Å². The van der Waals surface area contributed by atoms with E-state index in [9.17, 15) is 9.59 Å². The number of carbonyl (C=O) groups is 2. The summed E-state index contributed by atoms with van der Waals surface area (Å²) >= 11 is 0. The predicted octanol–water partition coefficient (Wildman–Crippen LogP) is 2.64. The normalized spacial score (nSPS) is 19.4. The Labute approximate surface area is 128 Å². The van der Waals surface area contributed by atoms with E-state index in [1.165, 1.54) is 11.1 Å². The topological polar surface area (TPSA) is 103 Å². The maximum atomic E-state index is 11.1. The maximum absolute atomic E-state index is 11.1. The Balaban J connectivity index is 2.12. The van der Waals surface area contributed by atoms with Crippen LogP contribution in [0.25, 0.3) is 5.57 Å². The first-order chi connectivity index (χ1) is 10.4. The van der Waals surface area contributed by atoms with Gasteiger partial charge in [0.25, 0.3) is 0 Å². The summed E-state index contributed by atoms with van der Waals surface area (Å²) < 4.78 is 0. The second-order valence-corrected chi connectivity index (χ2v) is 5.83. The van der Waals surface area contributed by atoms with Crippen LogP contribution in [0.15, 0.2) is 23.4 Å². The zero-order valence-corrected chi connectivity index (χ0v) is 12.7. The number of rotatable bonds is 5. The standard InChI is InChI=1S/C16H20N2O4/c1-9-3-4-11(5-10(9)2)6-12-8-17-15(18-12)13(16(21)22)7-14(19)20/h7-8,11H,3-6H2,1-2H3,(H,17,18)(H,19,20)(H,21,22). The Morgan fingerprint density at radius 3 is 2.68 bits per heavy atom. The summed E-state index contributed by atoms with van der Waals surface area (Å²) in [5.74, 6) is -2.02. The lowest BCUT2D eigenvalue weighted by Gasteiger charge is -2.23. The van der Waals surface area contributed by atoms with Gasteiger partial charge in [0.15, 0.2) is 0 Å². The third-order valence-corrected chi connectivity index (χ3v) is 4.14. The van der Waals surface area contributed by atoms with Gasteiger partial charge in [0, 0.05) is 18.0 Å². The Morgan fingerprint density at radius 2 is 2.09 bits per heavy atom. The summed E-state index contributed by atoms with van der Waals surface area (Å²) in [6.07, 6.45) is 6.27. The number of carboxylic acid groups (broad SMARTS) is 2. The molecular formula is C16H20N2O4. The summed E-state index contributed by atoms with van der Waals surface area (Å²) in [6, 6.07) is 0. The Hall–Kier alpha value is -2.37. The lowest BCUT2D eigenvalue weighted by molar-refractivity contribution is -0.133. The van der Waals surface area contributed by atoms with Crippen LogP contribution in [-0.2, 0) is 16.0 Å². The largest absolute Gasteiger partial charge is 0.478 e. The minimum atomic E-state index is -1.31. The highest BCUT2D eigenvalue weighted by Gasteiger charge is 2.20. The molecular weight excluding hydrogens is 284 g/mol. The summed E-state index contributed by atoms with van der Waals surface area (Å²) in [5, 5.41) is 17.8. The third kappa shape index (κ3) is 3.84. The highest BCUT2D eigenvalue weighted by Crippen LogP contribution is 2.31. The van der Waals surface area contributed by atoms with Crippen molar-refractivity contribution in [3.63, 3.8) is 0 Å². The molecule has 3 N–H and O–H groups in total. The van der Waals surface area contributed by atoms with Crippen molar-refractivity contribution in [2.75, 3.05) is 0 Å². The summed E-state index contributed by atoms with van der Waals surface area (Å²) in [5.41, 5.74) is 3.38. The van der Waals surface area contributed by atoms with E-state index in [0.717, 1.165) is 31.4 Å². The molecule has 0 radical (unpaired) electrons. The van der Waals surface area contributed by atoms with Crippen molar-refractivity contribution >= 4 is 17.5 Å². The zero-order chi connectivity index (χ0) is 16.3. The number of imidazole rings is 1. The van der Waals surface area contributed by atoms with Gasteiger partial charge in [-0.05, 0) is 45.4 Å². The van der Waals surface area contributed by atoms with E-state index in [0.29, 0.717) is 12.0 Å². The van der Waals surface area contributed by atoms with Crippen LogP contribution >= 0.6 is 0 Å². The SMILES string of the molecule is CC1=C(C)CC(Cc2cnc(C(=CC(=O)O)C(=O)O)[nH]2)CC1. The van der Waals surface area contributed by atoms with Gasteiger partial charge in [-0.15, -0.1) is 0 Å². The fourth-order valence-corrected chi connectivity index (χ4v) is 2.78. The molecule has 1 aliphatic rings. The number of hydrogen-bond acceptors (Lipinski definition) is 3. The molecule has 1 aromatic heterocycles. The fraction of sp³-hybridized carbons (Fsp3) is 0.438. The first-order valence-corrected chi connectivity index (χ1v) is 7.24. The van der Waals surface area contributed by atoms with Crippen LogP contribution in [0.4, 0.5) is 0 Å². The number of nitrogens with one attached hydrogen (secondary N) is 1. The average Bonchev–Trinajstić information content (AvgIpc) is 2.88. The average molecular weight is 304 g/mol. The van der Waals surface area contributed by atoms with Gasteiger partial charge >= 0.3 is 11.9 Å². The van der Waals surface area contributed by atoms with Crippen LogP contribution in [0.1, 0.15) is 44.6 Å². The van der Waals surface area contributed by atoms with Crippen molar-refractivity contribution in [2.24, 2.45) is 5.92 Å². The molecule has 118 valence electrons. The van der Waals surface area contributed by atoms with Gasteiger partial charge in [-0.3, -0.25) is 0 Å². The van der Waals surface area contributed by atoms with Crippen LogP contribution < -0.4 is 0 Å². The predicted molar refractivity (Wildman–Crippen MR) is 81.3 cm³/mol. The summed E-state index contributed by atoms with van der Waals surface area (Å²) in [7, 11) is 0. The molecule has 0 aromatic carbocycles. The molecule has 0 saturated heterocycles. The van der Waals surface area contributed by atoms with E-state index in [2.05, 4.69) is 23.8 Å². The van der Waals surface area contributed by atoms with Crippen molar-refractivity contribution in [1.82, 2.24) is 9.97 Å². The summed E-state index contributed by atoms with van der Waals surface area (Å²) in [6.45, 7) is 4.31. The Morgan fingerprint density at radius 1 is 1.36 bits per heavy atom. The lowest BCUT2D eigenvalue weighted by atomic mass is 9.83. The smallest absolute Gasteiger partial charge is 0.339 e. The van der Waals surface area contributed by atoms with Crippen LogP contribution in [0.2, 0.25) is 0 Å². The van der Waals surface area contributed by atoms with Crippen LogP contribution in [-0.4, -0.2) is 32.1 Å². The molecule has 2 rings (SSSR count). The molecule has 0 spiro atoms. The van der Waals surface area contributed by atoms with E-state index >= 15 is 0 Å². The van der Waals surface area contributed by atoms with Gasteiger partial charge in [-0.1, -0.05) is 11.1 Å². The number of aliphatic carboxylic acids is 2. The van der Waals surface area contributed by atoms with Gasteiger partial charge in [0.05, 0.1) is 0 Å². The second-order valence-electron chi connectivity index (χ2n) is 5.83. The van der Waals surface area contributed by atoms with Gasteiger partial charge in [0.1, 0.15) is 11.4 Å². The van der Waals surface area contributed by atoms with Gasteiger partial charge in [0.2, 0.25) is 0 Å². The quantitative estimate of drug-likeness (QED) is 0.573. The van der Waals surface area contributed by atoms with Crippen LogP contribution in [0, 0.1) is 5.92 Å². The van der Waals surface area contributed by atoms with E-state index in [-0.39, 0.29) is 11.4 Å². The van der Waals surface area contributed by atoms with Gasteiger partial charge in [-0.2, -0.15) is 0 Å². The zero-order valence-electron chi connectivity index (χ0n) is 12.7. The number of aromatic nitrogens is 2. The molecule has 1 atom stereocenters. The van der Waals surface area contributed by atoms with Gasteiger partial charge in [-0.25, -0.2) is 14.6 Å². The Bertz CT molecular complexity index is 655. The van der Waals surface area contributed by atoms with Crippen molar-refractivity contribution in [3.8, 4) is 0 Å². The van der Waals surface area contributed by atoms with E-state index in [1.54, 1.807) is 6.20 Å². The molecule has 0 amide bonds. The fourth-order valence-electron chi connectivity index (χ4n) is 2.78. The molecule has 1 aliphatic carbocycles. The minimum absolute atomic E-state index is 0.0872. The Kier molecular flexibility index (Phi) is 4.80. The van der Waals surface area contributed by atoms with E-state index in [4.69, 9.17) is 10.2 Å². The van der Waals surface area contributed by atoms with Crippen molar-refractivity contribution in [3.05, 3.63) is 34.9 Å². The molecule has 0 saturated carbocycles. The molecule has 1 aromatic rings. The molecule has 1 unspecified atom stereocenters. The monoisotopic (exact) mass is 304 g/mol. The number of aromatic amines is 1. The van der Waals surface area contributed by atoms with Crippen LogP contribution in [0.5, 0.6) is 0 Å². The van der Waals surface area contributed by atoms with Crippen molar-refractivity contribution in [2.45, 2.75) is 39.5 Å². The number of carboxylic acids is 2. The number of hydrogen-bond donors (Lipinski definition) is 3. The minimum Gasteiger partial charge on any atom is -0.478 e. The van der Waals surface area contributed by atoms with E-state index in [1.807, 2.05) is 0 Å². The highest BCUT2D eigenvalue weighted by molar-refractivity contribution is 6.18. The van der Waals surface area contributed by atoms with E-state index < -0.39 is 11.9 Å². The van der Waals surface area contributed by atoms with Gasteiger partial charge < -0.3 is 15.2 Å². The number of allylic oxidation sites excluding steroid dienone is 2. The molecule has 0 aliphatic heterocycles. The molecule has 6 nitrogen and oxygen atoms in total. The number of nitrogens with zero attached hydrogens (tertiary/aromatic N) is 1. The molecule has 22 heavy (non-hydrogen) atoms. The first kappa shape index (κ1) is 16.0. The third-order valence-electron chi connectivity index (χ3n) is 4.14. The molecule has 1 heterocycles. The second kappa shape index (κ2) is 6.60. The number of H-pyrrole nitrogens is 1. The van der Waals surface area contributed by atoms with Crippen molar-refractivity contribution < 1.29 is 19.8 Å². The molecule has 0 bridgehead atoms. The van der Waals surface area contributed by atoms with Crippen molar-refractivity contribution in [1.29, 1.82) is 0 Å². The molecule has 0 fully saturated rings. The maximum Gasteiger partial charge on any atom is 0.339 e. The summed E-state index contributed by atoms with van der Waals surface area (Å²) in [4.78, 5) is 28.8.